The van der Waals surface area contributed by atoms with Crippen LogP contribution in [0.1, 0.15) is 45.2 Å². The molecule has 1 heterocycles. The molecule has 1 saturated carbocycles. The minimum absolute atomic E-state index is 0.00594. The largest absolute Gasteiger partial charge is 0.397 e. The fraction of sp³-hybridized carbons (Fsp3) is 0.588. The normalized spacial score (nSPS) is 24.8. The number of nitrogen functional groups attached to an aromatic ring is 1. The molecule has 118 valence electrons. The van der Waals surface area contributed by atoms with Crippen LogP contribution in [0.25, 0.3) is 0 Å². The molecule has 0 aromatic carbocycles. The molecule has 1 fully saturated rings. The van der Waals surface area contributed by atoms with Gasteiger partial charge in [-0.3, -0.25) is 9.78 Å². The zero-order chi connectivity index (χ0) is 16.3. The molecule has 0 saturated heterocycles. The van der Waals surface area contributed by atoms with Crippen LogP contribution in [0, 0.1) is 17.2 Å². The van der Waals surface area contributed by atoms with Crippen LogP contribution in [0.2, 0.25) is 0 Å². The molecule has 0 aliphatic heterocycles. The van der Waals surface area contributed by atoms with E-state index in [1.807, 2.05) is 31.9 Å². The van der Waals surface area contributed by atoms with E-state index in [1.165, 1.54) is 0 Å². The van der Waals surface area contributed by atoms with Gasteiger partial charge in [-0.05, 0) is 37.8 Å². The van der Waals surface area contributed by atoms with E-state index in [2.05, 4.69) is 11.1 Å². The molecule has 1 aliphatic rings. The Hall–Kier alpha value is -2.09. The summed E-state index contributed by atoms with van der Waals surface area (Å²) in [4.78, 5) is 18.3. The first-order chi connectivity index (χ1) is 10.4. The highest BCUT2D eigenvalue weighted by molar-refractivity contribution is 5.78. The van der Waals surface area contributed by atoms with Gasteiger partial charge in [-0.1, -0.05) is 13.8 Å². The van der Waals surface area contributed by atoms with Crippen LogP contribution in [0.3, 0.4) is 0 Å². The summed E-state index contributed by atoms with van der Waals surface area (Å²) < 4.78 is 0. The van der Waals surface area contributed by atoms with Crippen molar-refractivity contribution in [1.29, 1.82) is 5.26 Å². The van der Waals surface area contributed by atoms with Gasteiger partial charge in [0, 0.05) is 19.0 Å². The Bertz CT molecular complexity index is 565. The summed E-state index contributed by atoms with van der Waals surface area (Å²) in [7, 11) is 1.87. The second-order valence-electron chi connectivity index (χ2n) is 6.51. The van der Waals surface area contributed by atoms with Crippen molar-refractivity contribution in [2.75, 3.05) is 12.8 Å². The summed E-state index contributed by atoms with van der Waals surface area (Å²) >= 11 is 0. The van der Waals surface area contributed by atoms with E-state index in [9.17, 15) is 10.1 Å². The van der Waals surface area contributed by atoms with Crippen molar-refractivity contribution < 1.29 is 4.79 Å². The smallest absolute Gasteiger partial charge is 0.225 e. The summed E-state index contributed by atoms with van der Waals surface area (Å²) in [6, 6.07) is 6.31. The number of rotatable bonds is 3. The van der Waals surface area contributed by atoms with Crippen LogP contribution in [0.5, 0.6) is 0 Å². The van der Waals surface area contributed by atoms with E-state index in [4.69, 9.17) is 5.73 Å². The highest BCUT2D eigenvalue weighted by Crippen LogP contribution is 2.39. The second-order valence-corrected chi connectivity index (χ2v) is 6.51. The Labute approximate surface area is 132 Å². The van der Waals surface area contributed by atoms with Gasteiger partial charge < -0.3 is 10.6 Å². The summed E-state index contributed by atoms with van der Waals surface area (Å²) in [6.45, 7) is 3.83. The Morgan fingerprint density at radius 1 is 1.45 bits per heavy atom. The molecule has 0 radical (unpaired) electrons. The van der Waals surface area contributed by atoms with E-state index in [0.29, 0.717) is 5.69 Å². The maximum Gasteiger partial charge on any atom is 0.225 e. The molecular formula is C17H24N4O. The summed E-state index contributed by atoms with van der Waals surface area (Å²) in [5.74, 6) is 0.173. The van der Waals surface area contributed by atoms with Gasteiger partial charge >= 0.3 is 0 Å². The molecule has 22 heavy (non-hydrogen) atoms. The number of amides is 1. The number of carbonyl (C=O) groups excluding carboxylic acids is 1. The van der Waals surface area contributed by atoms with Crippen molar-refractivity contribution in [2.45, 2.75) is 51.0 Å². The minimum atomic E-state index is -0.550. The Morgan fingerprint density at radius 3 is 2.55 bits per heavy atom. The van der Waals surface area contributed by atoms with Crippen molar-refractivity contribution in [3.05, 3.63) is 24.0 Å². The zero-order valence-corrected chi connectivity index (χ0v) is 13.5. The lowest BCUT2D eigenvalue weighted by atomic mass is 9.71. The zero-order valence-electron chi connectivity index (χ0n) is 13.5. The van der Waals surface area contributed by atoms with Crippen molar-refractivity contribution in [3.8, 4) is 6.07 Å². The first-order valence-electron chi connectivity index (χ1n) is 7.79. The van der Waals surface area contributed by atoms with Crippen LogP contribution < -0.4 is 5.73 Å². The molecule has 1 amide bonds. The van der Waals surface area contributed by atoms with Crippen LogP contribution in [-0.2, 0) is 10.2 Å². The molecule has 1 aliphatic carbocycles. The highest BCUT2D eigenvalue weighted by atomic mass is 16.2. The van der Waals surface area contributed by atoms with Gasteiger partial charge in [0.05, 0.1) is 29.1 Å². The lowest BCUT2D eigenvalue weighted by Gasteiger charge is -2.39. The van der Waals surface area contributed by atoms with Crippen LogP contribution in [0.4, 0.5) is 5.69 Å². The molecule has 5 heteroatoms. The molecule has 1 aromatic rings. The molecule has 2 rings (SSSR count). The van der Waals surface area contributed by atoms with E-state index in [1.54, 1.807) is 12.3 Å². The van der Waals surface area contributed by atoms with E-state index >= 15 is 0 Å². The van der Waals surface area contributed by atoms with Crippen molar-refractivity contribution >= 4 is 11.6 Å². The number of hydrogen-bond acceptors (Lipinski definition) is 4. The van der Waals surface area contributed by atoms with E-state index < -0.39 is 5.41 Å². The fourth-order valence-corrected chi connectivity index (χ4v) is 3.18. The predicted molar refractivity (Wildman–Crippen MR) is 85.8 cm³/mol. The number of nitrogens with zero attached hydrogens (tertiary/aromatic N) is 3. The van der Waals surface area contributed by atoms with Crippen LogP contribution in [0.15, 0.2) is 18.3 Å². The summed E-state index contributed by atoms with van der Waals surface area (Å²) in [5.41, 5.74) is 6.52. The molecule has 0 unspecified atom stereocenters. The Balaban J connectivity index is 2.10. The standard InChI is InChI=1S/C17H24N4O/c1-12(2)16(22)21(3)14-6-8-17(11-18,9-7-14)15-5-4-13(19)10-20-15/h4-5,10,12,14H,6-9,19H2,1-3H3. The van der Waals surface area contributed by atoms with Gasteiger partial charge in [0.15, 0.2) is 0 Å². The maximum absolute atomic E-state index is 12.1. The van der Waals surface area contributed by atoms with Gasteiger partial charge in [0.25, 0.3) is 0 Å². The molecule has 5 nitrogen and oxygen atoms in total. The lowest BCUT2D eigenvalue weighted by Crippen LogP contribution is -2.44. The first kappa shape index (κ1) is 16.3. The lowest BCUT2D eigenvalue weighted by molar-refractivity contribution is -0.136. The van der Waals surface area contributed by atoms with E-state index in [0.717, 1.165) is 31.4 Å². The quantitative estimate of drug-likeness (QED) is 0.929. The third-order valence-corrected chi connectivity index (χ3v) is 4.69. The average molecular weight is 300 g/mol. The predicted octanol–water partition coefficient (Wildman–Crippen LogP) is 2.48. The number of nitriles is 1. The van der Waals surface area contributed by atoms with Gasteiger partial charge in [-0.15, -0.1) is 0 Å². The maximum atomic E-state index is 12.1. The number of carbonyl (C=O) groups is 1. The van der Waals surface area contributed by atoms with Gasteiger partial charge in [-0.2, -0.15) is 5.26 Å². The third-order valence-electron chi connectivity index (χ3n) is 4.69. The van der Waals surface area contributed by atoms with Crippen molar-refractivity contribution in [1.82, 2.24) is 9.88 Å². The van der Waals surface area contributed by atoms with Crippen LogP contribution in [-0.4, -0.2) is 28.9 Å². The minimum Gasteiger partial charge on any atom is -0.397 e. The summed E-state index contributed by atoms with van der Waals surface area (Å²) in [5, 5.41) is 9.68. The van der Waals surface area contributed by atoms with Crippen molar-refractivity contribution in [2.24, 2.45) is 5.92 Å². The topological polar surface area (TPSA) is 83.0 Å². The van der Waals surface area contributed by atoms with Crippen LogP contribution >= 0.6 is 0 Å². The summed E-state index contributed by atoms with van der Waals surface area (Å²) in [6.07, 6.45) is 4.71. The molecule has 0 bridgehead atoms. The average Bonchev–Trinajstić information content (AvgIpc) is 2.54. The van der Waals surface area contributed by atoms with E-state index in [-0.39, 0.29) is 17.9 Å². The second kappa shape index (κ2) is 6.35. The number of aromatic nitrogens is 1. The highest BCUT2D eigenvalue weighted by Gasteiger charge is 2.40. The molecule has 2 N–H and O–H groups in total. The van der Waals surface area contributed by atoms with Crippen molar-refractivity contribution in [3.63, 3.8) is 0 Å². The first-order valence-corrected chi connectivity index (χ1v) is 7.79. The number of anilines is 1. The Kier molecular flexibility index (Phi) is 4.70. The van der Waals surface area contributed by atoms with Gasteiger partial charge in [0.2, 0.25) is 5.91 Å². The van der Waals surface area contributed by atoms with Gasteiger partial charge in [-0.25, -0.2) is 0 Å². The molecule has 0 atom stereocenters. The third kappa shape index (κ3) is 3.06. The SMILES string of the molecule is CC(C)C(=O)N(C)C1CCC(C#N)(c2ccc(N)cn2)CC1. The molecular weight excluding hydrogens is 276 g/mol. The number of pyridine rings is 1. The number of nitrogens with two attached hydrogens (primary N) is 1. The van der Waals surface area contributed by atoms with Gasteiger partial charge in [0.1, 0.15) is 0 Å². The monoisotopic (exact) mass is 300 g/mol. The fourth-order valence-electron chi connectivity index (χ4n) is 3.18. The Morgan fingerprint density at radius 2 is 2.09 bits per heavy atom. The molecule has 0 spiro atoms. The number of hydrogen-bond donors (Lipinski definition) is 1. The molecule has 1 aromatic heterocycles.